The number of carbonyl (C=O) groups excluding carboxylic acids is 1. The molecule has 0 bridgehead atoms. The fourth-order valence-electron chi connectivity index (χ4n) is 1.59. The monoisotopic (exact) mass is 298 g/mol. The number of aromatic nitrogens is 1. The minimum Gasteiger partial charge on any atom is -0.507 e. The quantitative estimate of drug-likeness (QED) is 0.796. The lowest BCUT2D eigenvalue weighted by atomic mass is 10.1. The first-order chi connectivity index (χ1) is 9.79. The summed E-state index contributed by atoms with van der Waals surface area (Å²) in [6.45, 7) is 0. The van der Waals surface area contributed by atoms with Crippen LogP contribution in [0.3, 0.4) is 0 Å². The molecule has 0 unspecified atom stereocenters. The van der Waals surface area contributed by atoms with Gasteiger partial charge in [0.05, 0.1) is 11.9 Å². The lowest BCUT2D eigenvalue weighted by Gasteiger charge is -2.09. The van der Waals surface area contributed by atoms with E-state index in [0.717, 1.165) is 12.3 Å². The van der Waals surface area contributed by atoms with Crippen molar-refractivity contribution >= 4 is 11.6 Å². The number of alkyl halides is 3. The third-order valence-electron chi connectivity index (χ3n) is 2.56. The lowest BCUT2D eigenvalue weighted by Crippen LogP contribution is -2.13. The second-order valence-electron chi connectivity index (χ2n) is 4.06. The molecule has 2 aromatic rings. The van der Waals surface area contributed by atoms with Crippen LogP contribution in [0.2, 0.25) is 0 Å². The van der Waals surface area contributed by atoms with Crippen LogP contribution in [-0.2, 0) is 6.18 Å². The molecule has 1 aromatic heterocycles. The van der Waals surface area contributed by atoms with E-state index in [9.17, 15) is 28.2 Å². The zero-order chi connectivity index (χ0) is 15.6. The fraction of sp³-hybridized carbons (Fsp3) is 0.0769. The van der Waals surface area contributed by atoms with Crippen LogP contribution in [0.4, 0.5) is 18.9 Å². The Bertz CT molecular complexity index is 649. The van der Waals surface area contributed by atoms with Gasteiger partial charge in [0, 0.05) is 0 Å². The van der Waals surface area contributed by atoms with Gasteiger partial charge in [0.25, 0.3) is 5.91 Å². The molecule has 0 fully saturated rings. The summed E-state index contributed by atoms with van der Waals surface area (Å²) in [5.74, 6) is -1.77. The van der Waals surface area contributed by atoms with Gasteiger partial charge in [-0.15, -0.1) is 0 Å². The third kappa shape index (κ3) is 3.22. The number of phenols is 2. The van der Waals surface area contributed by atoms with Crippen molar-refractivity contribution in [1.82, 2.24) is 4.98 Å². The number of phenolic OH excluding ortho intramolecular Hbond substituents is 2. The van der Waals surface area contributed by atoms with Crippen molar-refractivity contribution in [3.8, 4) is 11.5 Å². The second-order valence-corrected chi connectivity index (χ2v) is 4.06. The average Bonchev–Trinajstić information content (AvgIpc) is 2.38. The first kappa shape index (κ1) is 14.6. The van der Waals surface area contributed by atoms with Crippen LogP contribution in [0.5, 0.6) is 11.5 Å². The summed E-state index contributed by atoms with van der Waals surface area (Å²) in [6.07, 6.45) is -3.74. The van der Waals surface area contributed by atoms with Crippen LogP contribution in [-0.4, -0.2) is 21.1 Å². The lowest BCUT2D eigenvalue weighted by molar-refractivity contribution is -0.141. The number of pyridine rings is 1. The minimum absolute atomic E-state index is 0.00402. The van der Waals surface area contributed by atoms with E-state index in [0.29, 0.717) is 6.07 Å². The van der Waals surface area contributed by atoms with Crippen LogP contribution in [0.25, 0.3) is 0 Å². The van der Waals surface area contributed by atoms with Crippen molar-refractivity contribution in [3.63, 3.8) is 0 Å². The summed E-state index contributed by atoms with van der Waals surface area (Å²) < 4.78 is 37.0. The highest BCUT2D eigenvalue weighted by molar-refractivity contribution is 6.07. The smallest absolute Gasteiger partial charge is 0.433 e. The van der Waals surface area contributed by atoms with E-state index in [1.807, 2.05) is 0 Å². The van der Waals surface area contributed by atoms with E-state index < -0.39 is 29.3 Å². The Kier molecular flexibility index (Phi) is 3.70. The van der Waals surface area contributed by atoms with Crippen molar-refractivity contribution in [2.45, 2.75) is 6.18 Å². The third-order valence-corrected chi connectivity index (χ3v) is 2.56. The number of anilines is 1. The molecule has 0 spiro atoms. The molecule has 1 aromatic carbocycles. The molecule has 0 radical (unpaired) electrons. The van der Waals surface area contributed by atoms with Gasteiger partial charge in [-0.2, -0.15) is 13.2 Å². The number of halogens is 3. The first-order valence-electron chi connectivity index (χ1n) is 5.64. The Morgan fingerprint density at radius 2 is 1.71 bits per heavy atom. The normalized spacial score (nSPS) is 11.2. The Morgan fingerprint density at radius 1 is 1.10 bits per heavy atom. The SMILES string of the molecule is O=C(Nc1ccc(C(F)(F)F)nc1)c1c(O)cccc1O. The number of aromatic hydroxyl groups is 2. The highest BCUT2D eigenvalue weighted by Gasteiger charge is 2.32. The van der Waals surface area contributed by atoms with E-state index in [-0.39, 0.29) is 11.3 Å². The molecule has 0 atom stereocenters. The number of hydrogen-bond donors (Lipinski definition) is 3. The number of hydrogen-bond acceptors (Lipinski definition) is 4. The first-order valence-corrected chi connectivity index (χ1v) is 5.64. The average molecular weight is 298 g/mol. The molecule has 3 N–H and O–H groups in total. The van der Waals surface area contributed by atoms with Crippen LogP contribution in [0, 0.1) is 0 Å². The zero-order valence-corrected chi connectivity index (χ0v) is 10.3. The summed E-state index contributed by atoms with van der Waals surface area (Å²) >= 11 is 0. The number of rotatable bonds is 2. The standard InChI is InChI=1S/C13H9F3N2O3/c14-13(15,16)10-5-4-7(6-17-10)18-12(21)11-8(19)2-1-3-9(11)20/h1-6,19-20H,(H,18,21). The molecule has 5 nitrogen and oxygen atoms in total. The Balaban J connectivity index is 2.21. The molecule has 2 rings (SSSR count). The van der Waals surface area contributed by atoms with Gasteiger partial charge < -0.3 is 15.5 Å². The van der Waals surface area contributed by atoms with Crippen LogP contribution in [0.15, 0.2) is 36.5 Å². The van der Waals surface area contributed by atoms with Crippen LogP contribution >= 0.6 is 0 Å². The summed E-state index contributed by atoms with van der Waals surface area (Å²) in [5, 5.41) is 21.2. The van der Waals surface area contributed by atoms with Crippen molar-refractivity contribution in [2.75, 3.05) is 5.32 Å². The maximum absolute atomic E-state index is 12.3. The second kappa shape index (κ2) is 5.31. The van der Waals surface area contributed by atoms with Gasteiger partial charge in [-0.1, -0.05) is 6.07 Å². The van der Waals surface area contributed by atoms with E-state index in [2.05, 4.69) is 10.3 Å². The zero-order valence-electron chi connectivity index (χ0n) is 10.3. The fourth-order valence-corrected chi connectivity index (χ4v) is 1.59. The minimum atomic E-state index is -4.57. The number of amides is 1. The maximum atomic E-state index is 12.3. The van der Waals surface area contributed by atoms with E-state index >= 15 is 0 Å². The summed E-state index contributed by atoms with van der Waals surface area (Å²) in [4.78, 5) is 15.0. The molecule has 0 aliphatic carbocycles. The molecule has 21 heavy (non-hydrogen) atoms. The molecular formula is C13H9F3N2O3. The Hall–Kier alpha value is -2.77. The van der Waals surface area contributed by atoms with Crippen LogP contribution in [0.1, 0.15) is 16.1 Å². The summed E-state index contributed by atoms with van der Waals surface area (Å²) in [5.41, 5.74) is -1.47. The predicted octanol–water partition coefficient (Wildman–Crippen LogP) is 2.76. The molecule has 8 heteroatoms. The van der Waals surface area contributed by atoms with Crippen LogP contribution < -0.4 is 5.32 Å². The maximum Gasteiger partial charge on any atom is 0.433 e. The van der Waals surface area contributed by atoms with E-state index in [1.165, 1.54) is 18.2 Å². The van der Waals surface area contributed by atoms with E-state index in [1.54, 1.807) is 0 Å². The molecule has 1 heterocycles. The predicted molar refractivity (Wildman–Crippen MR) is 67.0 cm³/mol. The highest BCUT2D eigenvalue weighted by Crippen LogP contribution is 2.29. The van der Waals surface area contributed by atoms with Gasteiger partial charge in [-0.25, -0.2) is 4.98 Å². The Labute approximate surface area is 116 Å². The van der Waals surface area contributed by atoms with Gasteiger partial charge in [0.15, 0.2) is 0 Å². The topological polar surface area (TPSA) is 82.5 Å². The molecule has 0 saturated heterocycles. The van der Waals surface area contributed by atoms with Gasteiger partial charge >= 0.3 is 6.18 Å². The van der Waals surface area contributed by atoms with Crippen molar-refractivity contribution in [3.05, 3.63) is 47.8 Å². The molecule has 0 aliphatic heterocycles. The molecular weight excluding hydrogens is 289 g/mol. The molecule has 110 valence electrons. The number of carbonyl (C=O) groups is 1. The number of benzene rings is 1. The summed E-state index contributed by atoms with van der Waals surface area (Å²) in [6, 6.07) is 5.45. The van der Waals surface area contributed by atoms with E-state index in [4.69, 9.17) is 0 Å². The molecule has 0 aliphatic rings. The summed E-state index contributed by atoms with van der Waals surface area (Å²) in [7, 11) is 0. The van der Waals surface area contributed by atoms with Gasteiger partial charge in [-0.3, -0.25) is 4.79 Å². The van der Waals surface area contributed by atoms with Gasteiger partial charge in [0.2, 0.25) is 0 Å². The Morgan fingerprint density at radius 3 is 2.19 bits per heavy atom. The molecule has 0 saturated carbocycles. The van der Waals surface area contributed by atoms with Gasteiger partial charge in [0.1, 0.15) is 22.8 Å². The largest absolute Gasteiger partial charge is 0.507 e. The van der Waals surface area contributed by atoms with Crippen molar-refractivity contribution < 1.29 is 28.2 Å². The highest BCUT2D eigenvalue weighted by atomic mass is 19.4. The number of nitrogens with one attached hydrogen (secondary N) is 1. The van der Waals surface area contributed by atoms with Gasteiger partial charge in [-0.05, 0) is 24.3 Å². The number of nitrogens with zero attached hydrogens (tertiary/aromatic N) is 1. The molecule has 1 amide bonds. The van der Waals surface area contributed by atoms with Crippen molar-refractivity contribution in [1.29, 1.82) is 0 Å². The van der Waals surface area contributed by atoms with Crippen molar-refractivity contribution in [2.24, 2.45) is 0 Å².